The first-order valence-corrected chi connectivity index (χ1v) is 7.57. The van der Waals surface area contributed by atoms with Crippen molar-refractivity contribution in [3.05, 3.63) is 0 Å². The Morgan fingerprint density at radius 3 is 2.50 bits per heavy atom. The molecule has 0 heterocycles. The molecule has 18 heavy (non-hydrogen) atoms. The van der Waals surface area contributed by atoms with Gasteiger partial charge < -0.3 is 10.4 Å². The molecule has 2 N–H and O–H groups in total. The average molecular weight is 251 g/mol. The maximum Gasteiger partial charge on any atom is 0.223 e. The SMILES string of the molecule is CC1(CO)CCCC1NC(=O)C1C2CCCCC21. The van der Waals surface area contributed by atoms with Gasteiger partial charge in [-0.2, -0.15) is 0 Å². The summed E-state index contributed by atoms with van der Waals surface area (Å²) < 4.78 is 0. The number of carbonyl (C=O) groups excluding carboxylic acids is 1. The molecule has 102 valence electrons. The van der Waals surface area contributed by atoms with Crippen molar-refractivity contribution in [1.82, 2.24) is 5.32 Å². The molecule has 3 rings (SSSR count). The van der Waals surface area contributed by atoms with Gasteiger partial charge in [-0.1, -0.05) is 26.2 Å². The molecule has 1 amide bonds. The van der Waals surface area contributed by atoms with Crippen LogP contribution in [0.25, 0.3) is 0 Å². The van der Waals surface area contributed by atoms with E-state index in [1.54, 1.807) is 0 Å². The van der Waals surface area contributed by atoms with Crippen molar-refractivity contribution in [1.29, 1.82) is 0 Å². The number of hydrogen-bond acceptors (Lipinski definition) is 2. The Morgan fingerprint density at radius 2 is 1.89 bits per heavy atom. The van der Waals surface area contributed by atoms with Crippen LogP contribution in [-0.4, -0.2) is 23.7 Å². The molecule has 0 radical (unpaired) electrons. The molecule has 3 nitrogen and oxygen atoms in total. The third kappa shape index (κ3) is 1.97. The van der Waals surface area contributed by atoms with E-state index in [-0.39, 0.29) is 24.0 Å². The van der Waals surface area contributed by atoms with Gasteiger partial charge in [0.05, 0.1) is 6.61 Å². The van der Waals surface area contributed by atoms with Crippen LogP contribution in [-0.2, 0) is 4.79 Å². The Balaban J connectivity index is 1.58. The number of aliphatic hydroxyl groups is 1. The summed E-state index contributed by atoms with van der Waals surface area (Å²) in [4.78, 5) is 12.3. The van der Waals surface area contributed by atoms with Crippen LogP contribution in [0.5, 0.6) is 0 Å². The van der Waals surface area contributed by atoms with E-state index in [1.165, 1.54) is 25.7 Å². The second-order valence-corrected chi connectivity index (χ2v) is 6.90. The lowest BCUT2D eigenvalue weighted by molar-refractivity contribution is -0.124. The fourth-order valence-electron chi connectivity index (χ4n) is 4.32. The van der Waals surface area contributed by atoms with Gasteiger partial charge in [-0.15, -0.1) is 0 Å². The summed E-state index contributed by atoms with van der Waals surface area (Å²) in [5.74, 6) is 1.94. The zero-order valence-electron chi connectivity index (χ0n) is 11.3. The van der Waals surface area contributed by atoms with Crippen LogP contribution in [0.15, 0.2) is 0 Å². The minimum absolute atomic E-state index is 0.0876. The van der Waals surface area contributed by atoms with Crippen molar-refractivity contribution in [2.24, 2.45) is 23.2 Å². The van der Waals surface area contributed by atoms with E-state index in [4.69, 9.17) is 0 Å². The van der Waals surface area contributed by atoms with E-state index in [0.29, 0.717) is 17.8 Å². The van der Waals surface area contributed by atoms with E-state index in [0.717, 1.165) is 19.3 Å². The number of aliphatic hydroxyl groups excluding tert-OH is 1. The molecule has 4 unspecified atom stereocenters. The van der Waals surface area contributed by atoms with Crippen LogP contribution in [0.4, 0.5) is 0 Å². The summed E-state index contributed by atoms with van der Waals surface area (Å²) in [7, 11) is 0. The van der Waals surface area contributed by atoms with Crippen molar-refractivity contribution in [2.45, 2.75) is 57.9 Å². The number of amides is 1. The molecule has 0 aromatic heterocycles. The molecule has 0 saturated heterocycles. The van der Waals surface area contributed by atoms with Crippen LogP contribution in [0.2, 0.25) is 0 Å². The minimum atomic E-state index is -0.0876. The molecular formula is C15H25NO2. The number of nitrogens with one attached hydrogen (secondary N) is 1. The van der Waals surface area contributed by atoms with Crippen molar-refractivity contribution in [2.75, 3.05) is 6.61 Å². The smallest absolute Gasteiger partial charge is 0.223 e. The number of fused-ring (bicyclic) bond motifs is 1. The average Bonchev–Trinajstić information content (AvgIpc) is 3.01. The van der Waals surface area contributed by atoms with Crippen molar-refractivity contribution < 1.29 is 9.90 Å². The molecule has 3 fully saturated rings. The Kier molecular flexibility index (Phi) is 3.13. The Hall–Kier alpha value is -0.570. The van der Waals surface area contributed by atoms with Gasteiger partial charge in [-0.25, -0.2) is 0 Å². The highest BCUT2D eigenvalue weighted by Gasteiger charge is 2.55. The van der Waals surface area contributed by atoms with Gasteiger partial charge in [-0.3, -0.25) is 4.79 Å². The second kappa shape index (κ2) is 4.52. The van der Waals surface area contributed by atoms with Gasteiger partial charge in [0.1, 0.15) is 0 Å². The Morgan fingerprint density at radius 1 is 1.22 bits per heavy atom. The first-order valence-electron chi connectivity index (χ1n) is 7.57. The van der Waals surface area contributed by atoms with Gasteiger partial charge in [0.15, 0.2) is 0 Å². The number of hydrogen-bond donors (Lipinski definition) is 2. The fraction of sp³-hybridized carbons (Fsp3) is 0.933. The van der Waals surface area contributed by atoms with Crippen molar-refractivity contribution in [3.63, 3.8) is 0 Å². The van der Waals surface area contributed by atoms with Crippen LogP contribution in [0.1, 0.15) is 51.9 Å². The standard InChI is InChI=1S/C15H25NO2/c1-15(9-17)8-4-7-12(15)16-14(18)13-10-5-2-3-6-11(10)13/h10-13,17H,2-9H2,1H3,(H,16,18). The zero-order chi connectivity index (χ0) is 12.8. The predicted molar refractivity (Wildman–Crippen MR) is 69.9 cm³/mol. The van der Waals surface area contributed by atoms with E-state index in [1.807, 2.05) is 0 Å². The minimum Gasteiger partial charge on any atom is -0.396 e. The molecule has 3 saturated carbocycles. The highest BCUT2D eigenvalue weighted by Crippen LogP contribution is 2.55. The third-order valence-corrected chi connectivity index (χ3v) is 5.72. The lowest BCUT2D eigenvalue weighted by Crippen LogP contribution is -2.45. The Bertz CT molecular complexity index is 331. The largest absolute Gasteiger partial charge is 0.396 e. The monoisotopic (exact) mass is 251 g/mol. The van der Waals surface area contributed by atoms with Crippen LogP contribution in [0.3, 0.4) is 0 Å². The lowest BCUT2D eigenvalue weighted by Gasteiger charge is -2.30. The molecule has 0 aromatic carbocycles. The number of rotatable bonds is 3. The molecular weight excluding hydrogens is 226 g/mol. The first-order chi connectivity index (χ1) is 8.65. The second-order valence-electron chi connectivity index (χ2n) is 6.90. The summed E-state index contributed by atoms with van der Waals surface area (Å²) in [6.07, 6.45) is 8.32. The molecule has 0 spiro atoms. The molecule has 3 aliphatic carbocycles. The number of carbonyl (C=O) groups is 1. The highest BCUT2D eigenvalue weighted by atomic mass is 16.3. The molecule has 3 heteroatoms. The van der Waals surface area contributed by atoms with Crippen molar-refractivity contribution >= 4 is 5.91 Å². The Labute approximate surface area is 109 Å². The normalized spacial score (nSPS) is 46.6. The maximum absolute atomic E-state index is 12.3. The molecule has 0 aromatic rings. The first kappa shape index (κ1) is 12.5. The van der Waals surface area contributed by atoms with Gasteiger partial charge in [0.2, 0.25) is 5.91 Å². The molecule has 0 aliphatic heterocycles. The topological polar surface area (TPSA) is 49.3 Å². The zero-order valence-corrected chi connectivity index (χ0v) is 11.3. The molecule has 4 atom stereocenters. The van der Waals surface area contributed by atoms with Crippen LogP contribution < -0.4 is 5.32 Å². The summed E-state index contributed by atoms with van der Waals surface area (Å²) in [6, 6.07) is 0.192. The quantitative estimate of drug-likeness (QED) is 0.807. The van der Waals surface area contributed by atoms with Crippen LogP contribution >= 0.6 is 0 Å². The molecule has 0 bridgehead atoms. The summed E-state index contributed by atoms with van der Waals surface area (Å²) in [6.45, 7) is 2.29. The maximum atomic E-state index is 12.3. The van der Waals surface area contributed by atoms with Gasteiger partial charge in [-0.05, 0) is 37.5 Å². The van der Waals surface area contributed by atoms with E-state index in [9.17, 15) is 9.90 Å². The summed E-state index contributed by atoms with van der Waals surface area (Å²) >= 11 is 0. The fourth-order valence-corrected chi connectivity index (χ4v) is 4.32. The molecule has 3 aliphatic rings. The van der Waals surface area contributed by atoms with Crippen molar-refractivity contribution in [3.8, 4) is 0 Å². The van der Waals surface area contributed by atoms with Crippen LogP contribution in [0, 0.1) is 23.2 Å². The van der Waals surface area contributed by atoms with E-state index >= 15 is 0 Å². The van der Waals surface area contributed by atoms with E-state index < -0.39 is 0 Å². The third-order valence-electron chi connectivity index (χ3n) is 5.72. The lowest BCUT2D eigenvalue weighted by atomic mass is 9.85. The summed E-state index contributed by atoms with van der Waals surface area (Å²) in [5, 5.41) is 12.8. The van der Waals surface area contributed by atoms with Gasteiger partial charge >= 0.3 is 0 Å². The van der Waals surface area contributed by atoms with Gasteiger partial charge in [0, 0.05) is 17.4 Å². The highest BCUT2D eigenvalue weighted by molar-refractivity contribution is 5.82. The summed E-state index contributed by atoms with van der Waals surface area (Å²) in [5.41, 5.74) is -0.0876. The van der Waals surface area contributed by atoms with E-state index in [2.05, 4.69) is 12.2 Å². The predicted octanol–water partition coefficient (Wildman–Crippen LogP) is 2.09. The van der Waals surface area contributed by atoms with Gasteiger partial charge in [0.25, 0.3) is 0 Å².